The van der Waals surface area contributed by atoms with Crippen molar-refractivity contribution in [2.45, 2.75) is 19.9 Å². The zero-order valence-corrected chi connectivity index (χ0v) is 17.2. The average Bonchev–Trinajstić information content (AvgIpc) is 2.99. The molecule has 1 N–H and O–H groups in total. The highest BCUT2D eigenvalue weighted by Crippen LogP contribution is 2.37. The Morgan fingerprint density at radius 1 is 1.10 bits per heavy atom. The van der Waals surface area contributed by atoms with Gasteiger partial charge in [-0.1, -0.05) is 13.0 Å². The molecule has 0 aromatic heterocycles. The summed E-state index contributed by atoms with van der Waals surface area (Å²) in [5.41, 5.74) is 2.95. The lowest BCUT2D eigenvalue weighted by molar-refractivity contribution is -0.131. The van der Waals surface area contributed by atoms with Gasteiger partial charge in [0, 0.05) is 25.6 Å². The highest BCUT2D eigenvalue weighted by molar-refractivity contribution is 5.98. The van der Waals surface area contributed by atoms with Crippen molar-refractivity contribution in [3.63, 3.8) is 0 Å². The Kier molecular flexibility index (Phi) is 6.26. The van der Waals surface area contributed by atoms with Crippen molar-refractivity contribution < 1.29 is 23.8 Å². The molecule has 0 bridgehead atoms. The van der Waals surface area contributed by atoms with Gasteiger partial charge >= 0.3 is 0 Å². The molecule has 2 aromatic carbocycles. The molecule has 0 radical (unpaired) electrons. The van der Waals surface area contributed by atoms with Crippen LogP contribution < -0.4 is 19.5 Å². The van der Waals surface area contributed by atoms with E-state index in [4.69, 9.17) is 14.2 Å². The van der Waals surface area contributed by atoms with E-state index in [1.165, 1.54) is 0 Å². The van der Waals surface area contributed by atoms with Crippen molar-refractivity contribution in [1.82, 2.24) is 10.2 Å². The molecule has 7 heteroatoms. The van der Waals surface area contributed by atoms with E-state index in [2.05, 4.69) is 5.32 Å². The van der Waals surface area contributed by atoms with Gasteiger partial charge in [0.25, 0.3) is 5.91 Å². The first-order chi connectivity index (χ1) is 14.0. The predicted molar refractivity (Wildman–Crippen MR) is 110 cm³/mol. The Balaban J connectivity index is 2.13. The van der Waals surface area contributed by atoms with Crippen LogP contribution in [0.3, 0.4) is 0 Å². The minimum Gasteiger partial charge on any atom is -0.493 e. The normalized spacial score (nSPS) is 13.0. The molecule has 1 heterocycles. The third-order valence-electron chi connectivity index (χ3n) is 4.98. The van der Waals surface area contributed by atoms with Gasteiger partial charge in [-0.2, -0.15) is 0 Å². The number of carbonyl (C=O) groups is 2. The Morgan fingerprint density at radius 3 is 2.52 bits per heavy atom. The van der Waals surface area contributed by atoms with E-state index in [0.717, 1.165) is 16.7 Å². The summed E-state index contributed by atoms with van der Waals surface area (Å²) < 4.78 is 16.6. The number of fused-ring (bicyclic) bond motifs is 1. The molecule has 0 aliphatic carbocycles. The van der Waals surface area contributed by atoms with Crippen LogP contribution in [0.25, 0.3) is 11.1 Å². The number of hydrogen-bond acceptors (Lipinski definition) is 5. The molecule has 2 amide bonds. The number of amides is 2. The number of rotatable bonds is 5. The van der Waals surface area contributed by atoms with Crippen molar-refractivity contribution in [3.05, 3.63) is 41.5 Å². The largest absolute Gasteiger partial charge is 0.493 e. The van der Waals surface area contributed by atoms with Crippen molar-refractivity contribution in [1.29, 1.82) is 0 Å². The van der Waals surface area contributed by atoms with Crippen molar-refractivity contribution in [3.8, 4) is 28.4 Å². The number of nitrogens with zero attached hydrogens (tertiary/aromatic N) is 1. The molecule has 0 unspecified atom stereocenters. The minimum atomic E-state index is -0.237. The lowest BCUT2D eigenvalue weighted by atomic mass is 9.97. The molecule has 29 heavy (non-hydrogen) atoms. The number of methoxy groups -OCH3 is 2. The smallest absolute Gasteiger partial charge is 0.254 e. The van der Waals surface area contributed by atoms with Gasteiger partial charge in [0.2, 0.25) is 5.91 Å². The second kappa shape index (κ2) is 8.86. The Labute approximate surface area is 170 Å². The van der Waals surface area contributed by atoms with Crippen molar-refractivity contribution in [2.75, 3.05) is 34.4 Å². The first-order valence-corrected chi connectivity index (χ1v) is 9.54. The van der Waals surface area contributed by atoms with Crippen LogP contribution in [-0.2, 0) is 11.3 Å². The van der Waals surface area contributed by atoms with E-state index < -0.39 is 0 Å². The second-order valence-corrected chi connectivity index (χ2v) is 6.68. The van der Waals surface area contributed by atoms with Gasteiger partial charge < -0.3 is 24.4 Å². The van der Waals surface area contributed by atoms with Crippen LogP contribution in [-0.4, -0.2) is 51.1 Å². The summed E-state index contributed by atoms with van der Waals surface area (Å²) in [5, 5.41) is 2.67. The van der Waals surface area contributed by atoms with E-state index in [1.54, 1.807) is 32.2 Å². The quantitative estimate of drug-likeness (QED) is 0.838. The van der Waals surface area contributed by atoms with Crippen LogP contribution in [0, 0.1) is 0 Å². The summed E-state index contributed by atoms with van der Waals surface area (Å²) in [6.45, 7) is 3.07. The van der Waals surface area contributed by atoms with Crippen LogP contribution in [0.15, 0.2) is 30.3 Å². The molecule has 0 atom stereocenters. The van der Waals surface area contributed by atoms with E-state index >= 15 is 0 Å². The van der Waals surface area contributed by atoms with Crippen molar-refractivity contribution in [2.24, 2.45) is 0 Å². The van der Waals surface area contributed by atoms with Gasteiger partial charge in [0.05, 0.1) is 26.3 Å². The van der Waals surface area contributed by atoms with E-state index in [0.29, 0.717) is 48.9 Å². The fourth-order valence-corrected chi connectivity index (χ4v) is 3.44. The predicted octanol–water partition coefficient (Wildman–Crippen LogP) is 2.86. The van der Waals surface area contributed by atoms with Gasteiger partial charge in [0.1, 0.15) is 12.4 Å². The van der Waals surface area contributed by atoms with Crippen LogP contribution >= 0.6 is 0 Å². The summed E-state index contributed by atoms with van der Waals surface area (Å²) in [4.78, 5) is 26.6. The van der Waals surface area contributed by atoms with E-state index in [1.807, 2.05) is 31.2 Å². The third-order valence-corrected chi connectivity index (χ3v) is 4.98. The molecule has 2 aromatic rings. The number of carbonyl (C=O) groups excluding carboxylic acids is 2. The van der Waals surface area contributed by atoms with Crippen LogP contribution in [0.1, 0.15) is 29.3 Å². The van der Waals surface area contributed by atoms with Gasteiger partial charge in [-0.3, -0.25) is 9.59 Å². The first kappa shape index (κ1) is 20.5. The maximum absolute atomic E-state index is 12.6. The Hall–Kier alpha value is -3.22. The van der Waals surface area contributed by atoms with Crippen LogP contribution in [0.4, 0.5) is 0 Å². The molecule has 7 nitrogen and oxygen atoms in total. The van der Waals surface area contributed by atoms with Gasteiger partial charge in [0.15, 0.2) is 11.5 Å². The maximum atomic E-state index is 12.6. The third kappa shape index (κ3) is 4.13. The standard InChI is InChI=1S/C22H26N2O5/c1-5-20(25)24-8-9-29-21-16(13-24)10-15(11-17(21)22(26)23-2)14-6-7-18(27-3)19(12-14)28-4/h6-7,10-12H,5,8-9,13H2,1-4H3,(H,23,26). The van der Waals surface area contributed by atoms with Gasteiger partial charge in [-0.15, -0.1) is 0 Å². The summed E-state index contributed by atoms with van der Waals surface area (Å²) in [7, 11) is 4.75. The lowest BCUT2D eigenvalue weighted by Crippen LogP contribution is -2.31. The number of benzene rings is 2. The Morgan fingerprint density at radius 2 is 1.86 bits per heavy atom. The number of ether oxygens (including phenoxy) is 3. The van der Waals surface area contributed by atoms with Crippen molar-refractivity contribution >= 4 is 11.8 Å². The number of nitrogens with one attached hydrogen (secondary N) is 1. The summed E-state index contributed by atoms with van der Waals surface area (Å²) in [6, 6.07) is 9.35. The first-order valence-electron chi connectivity index (χ1n) is 9.54. The SMILES string of the molecule is CCC(=O)N1CCOc2c(cc(-c3ccc(OC)c(OC)c3)cc2C(=O)NC)C1. The highest BCUT2D eigenvalue weighted by Gasteiger charge is 2.24. The molecular formula is C22H26N2O5. The zero-order valence-electron chi connectivity index (χ0n) is 17.2. The molecule has 0 fully saturated rings. The monoisotopic (exact) mass is 398 g/mol. The molecule has 0 saturated carbocycles. The second-order valence-electron chi connectivity index (χ2n) is 6.68. The fraction of sp³-hybridized carbons (Fsp3) is 0.364. The fourth-order valence-electron chi connectivity index (χ4n) is 3.44. The highest BCUT2D eigenvalue weighted by atomic mass is 16.5. The molecule has 0 spiro atoms. The van der Waals surface area contributed by atoms with Gasteiger partial charge in [-0.05, 0) is 35.4 Å². The van der Waals surface area contributed by atoms with E-state index in [9.17, 15) is 9.59 Å². The number of hydrogen-bond donors (Lipinski definition) is 1. The summed E-state index contributed by atoms with van der Waals surface area (Å²) in [5.74, 6) is 1.57. The summed E-state index contributed by atoms with van der Waals surface area (Å²) >= 11 is 0. The molecule has 1 aliphatic rings. The minimum absolute atomic E-state index is 0.0551. The maximum Gasteiger partial charge on any atom is 0.254 e. The van der Waals surface area contributed by atoms with Gasteiger partial charge in [-0.25, -0.2) is 0 Å². The van der Waals surface area contributed by atoms with E-state index in [-0.39, 0.29) is 11.8 Å². The van der Waals surface area contributed by atoms with Crippen LogP contribution in [0.5, 0.6) is 17.2 Å². The average molecular weight is 398 g/mol. The molecular weight excluding hydrogens is 372 g/mol. The van der Waals surface area contributed by atoms with Crippen LogP contribution in [0.2, 0.25) is 0 Å². The molecule has 0 saturated heterocycles. The molecule has 3 rings (SSSR count). The summed E-state index contributed by atoms with van der Waals surface area (Å²) in [6.07, 6.45) is 0.424. The lowest BCUT2D eigenvalue weighted by Gasteiger charge is -2.19. The zero-order chi connectivity index (χ0) is 21.0. The Bertz CT molecular complexity index is 926. The topological polar surface area (TPSA) is 77.1 Å². The molecule has 154 valence electrons. The molecule has 1 aliphatic heterocycles.